The van der Waals surface area contributed by atoms with Crippen molar-refractivity contribution in [1.82, 2.24) is 15.5 Å². The second-order valence-corrected chi connectivity index (χ2v) is 9.57. The molecule has 28 heavy (non-hydrogen) atoms. The fraction of sp³-hybridized carbons (Fsp3) is 0.200. The highest BCUT2D eigenvalue weighted by Gasteiger charge is 2.14. The van der Waals surface area contributed by atoms with Gasteiger partial charge in [-0.15, -0.1) is 0 Å². The van der Waals surface area contributed by atoms with Gasteiger partial charge in [0.1, 0.15) is 0 Å². The van der Waals surface area contributed by atoms with Crippen molar-refractivity contribution in [3.05, 3.63) is 71.5 Å². The van der Waals surface area contributed by atoms with E-state index in [2.05, 4.69) is 15.5 Å². The number of sulfone groups is 1. The molecule has 2 aromatic carbocycles. The molecule has 0 aliphatic rings. The minimum atomic E-state index is -3.22. The second kappa shape index (κ2) is 8.62. The zero-order valence-corrected chi connectivity index (χ0v) is 17.2. The van der Waals surface area contributed by atoms with Gasteiger partial charge in [-0.25, -0.2) is 8.42 Å². The fourth-order valence-corrected chi connectivity index (χ4v) is 4.40. The Balaban J connectivity index is 1.75. The minimum absolute atomic E-state index is 0.0681. The lowest BCUT2D eigenvalue weighted by atomic mass is 10.2. The SMILES string of the molecule is CCS(=O)(=O)c1ccc(Sc2ccccc2C(=O)NCc2cn[nH]c2C)cc1. The van der Waals surface area contributed by atoms with Crippen LogP contribution in [0.3, 0.4) is 0 Å². The molecule has 0 saturated heterocycles. The molecule has 3 rings (SSSR count). The number of amides is 1. The molecule has 2 N–H and O–H groups in total. The van der Waals surface area contributed by atoms with Crippen LogP contribution >= 0.6 is 11.8 Å². The summed E-state index contributed by atoms with van der Waals surface area (Å²) in [7, 11) is -3.22. The van der Waals surface area contributed by atoms with Crippen LogP contribution in [0.15, 0.2) is 69.4 Å². The number of carbonyl (C=O) groups excluding carboxylic acids is 1. The van der Waals surface area contributed by atoms with Gasteiger partial charge in [-0.05, 0) is 43.3 Å². The van der Waals surface area contributed by atoms with Gasteiger partial charge in [0.25, 0.3) is 5.91 Å². The third-order valence-electron chi connectivity index (χ3n) is 4.30. The normalized spacial score (nSPS) is 11.4. The van der Waals surface area contributed by atoms with Crippen molar-refractivity contribution in [2.75, 3.05) is 5.75 Å². The number of hydrogen-bond donors (Lipinski definition) is 2. The smallest absolute Gasteiger partial charge is 0.252 e. The van der Waals surface area contributed by atoms with Crippen molar-refractivity contribution in [2.45, 2.75) is 35.1 Å². The lowest BCUT2D eigenvalue weighted by molar-refractivity contribution is 0.0948. The summed E-state index contributed by atoms with van der Waals surface area (Å²) in [5.41, 5.74) is 2.43. The maximum atomic E-state index is 12.7. The van der Waals surface area contributed by atoms with E-state index in [0.29, 0.717) is 17.0 Å². The number of aromatic nitrogens is 2. The largest absolute Gasteiger partial charge is 0.348 e. The van der Waals surface area contributed by atoms with Crippen LogP contribution in [-0.4, -0.2) is 30.3 Å². The van der Waals surface area contributed by atoms with E-state index in [1.54, 1.807) is 43.5 Å². The van der Waals surface area contributed by atoms with Gasteiger partial charge >= 0.3 is 0 Å². The Bertz CT molecular complexity index is 1070. The molecule has 146 valence electrons. The van der Waals surface area contributed by atoms with E-state index in [4.69, 9.17) is 0 Å². The Kier molecular flexibility index (Phi) is 6.21. The highest BCUT2D eigenvalue weighted by Crippen LogP contribution is 2.31. The van der Waals surface area contributed by atoms with Crippen molar-refractivity contribution in [2.24, 2.45) is 0 Å². The summed E-state index contributed by atoms with van der Waals surface area (Å²) in [5.74, 6) is -0.104. The van der Waals surface area contributed by atoms with E-state index in [0.717, 1.165) is 21.0 Å². The third-order valence-corrected chi connectivity index (χ3v) is 7.13. The van der Waals surface area contributed by atoms with Crippen LogP contribution < -0.4 is 5.32 Å². The number of nitrogens with zero attached hydrogens (tertiary/aromatic N) is 1. The molecule has 0 spiro atoms. The average molecular weight is 416 g/mol. The highest BCUT2D eigenvalue weighted by molar-refractivity contribution is 7.99. The molecule has 0 aliphatic carbocycles. The number of aryl methyl sites for hydroxylation is 1. The summed E-state index contributed by atoms with van der Waals surface area (Å²) in [6.45, 7) is 3.92. The van der Waals surface area contributed by atoms with Crippen LogP contribution in [0.5, 0.6) is 0 Å². The van der Waals surface area contributed by atoms with Crippen LogP contribution in [0, 0.1) is 6.92 Å². The molecule has 0 fully saturated rings. The molecule has 0 radical (unpaired) electrons. The summed E-state index contributed by atoms with van der Waals surface area (Å²) in [6, 6.07) is 14.1. The first kappa shape index (κ1) is 20.2. The summed E-state index contributed by atoms with van der Waals surface area (Å²) in [5, 5.41) is 9.71. The van der Waals surface area contributed by atoms with Gasteiger partial charge in [0.05, 0.1) is 22.4 Å². The summed E-state index contributed by atoms with van der Waals surface area (Å²) in [6.07, 6.45) is 1.70. The van der Waals surface area contributed by atoms with E-state index in [-0.39, 0.29) is 11.7 Å². The van der Waals surface area contributed by atoms with E-state index in [1.165, 1.54) is 11.8 Å². The topological polar surface area (TPSA) is 91.9 Å². The lowest BCUT2D eigenvalue weighted by Crippen LogP contribution is -2.23. The van der Waals surface area contributed by atoms with Gasteiger partial charge in [-0.3, -0.25) is 9.89 Å². The molecule has 8 heteroatoms. The number of carbonyl (C=O) groups is 1. The molecule has 6 nitrogen and oxygen atoms in total. The number of rotatable bonds is 7. The number of benzene rings is 2. The molecule has 0 unspecified atom stereocenters. The van der Waals surface area contributed by atoms with Gasteiger partial charge in [0, 0.05) is 27.6 Å². The summed E-state index contributed by atoms with van der Waals surface area (Å²) >= 11 is 1.42. The lowest BCUT2D eigenvalue weighted by Gasteiger charge is -2.10. The van der Waals surface area contributed by atoms with Crippen molar-refractivity contribution < 1.29 is 13.2 Å². The fourth-order valence-electron chi connectivity index (χ4n) is 2.58. The van der Waals surface area contributed by atoms with E-state index < -0.39 is 9.84 Å². The average Bonchev–Trinajstić information content (AvgIpc) is 3.12. The van der Waals surface area contributed by atoms with Gasteiger partial charge in [-0.2, -0.15) is 5.10 Å². The Morgan fingerprint density at radius 1 is 1.14 bits per heavy atom. The zero-order valence-electron chi connectivity index (χ0n) is 15.6. The maximum Gasteiger partial charge on any atom is 0.252 e. The number of hydrogen-bond acceptors (Lipinski definition) is 5. The predicted octanol–water partition coefficient (Wildman–Crippen LogP) is 3.59. The first-order chi connectivity index (χ1) is 13.4. The maximum absolute atomic E-state index is 12.7. The van der Waals surface area contributed by atoms with E-state index >= 15 is 0 Å². The standard InChI is InChI=1S/C20H21N3O3S2/c1-3-28(25,26)17-10-8-16(9-11-17)27-19-7-5-4-6-18(19)20(24)21-12-15-13-22-23-14(15)2/h4-11,13H,3,12H2,1-2H3,(H,21,24)(H,22,23). The Morgan fingerprint density at radius 2 is 1.86 bits per heavy atom. The second-order valence-electron chi connectivity index (χ2n) is 6.18. The Labute approximate surface area is 168 Å². The van der Waals surface area contributed by atoms with Crippen LogP contribution in [-0.2, 0) is 16.4 Å². The highest BCUT2D eigenvalue weighted by atomic mass is 32.2. The molecular weight excluding hydrogens is 394 g/mol. The number of aromatic amines is 1. The third kappa shape index (κ3) is 4.63. The van der Waals surface area contributed by atoms with Gasteiger partial charge in [-0.1, -0.05) is 30.8 Å². The molecule has 0 aliphatic heterocycles. The van der Waals surface area contributed by atoms with Crippen molar-refractivity contribution in [3.8, 4) is 0 Å². The number of nitrogens with one attached hydrogen (secondary N) is 2. The number of H-pyrrole nitrogens is 1. The molecule has 1 aromatic heterocycles. The molecule has 0 saturated carbocycles. The minimum Gasteiger partial charge on any atom is -0.348 e. The molecule has 1 amide bonds. The van der Waals surface area contributed by atoms with Crippen LogP contribution in [0.25, 0.3) is 0 Å². The van der Waals surface area contributed by atoms with Gasteiger partial charge in [0.15, 0.2) is 9.84 Å². The van der Waals surface area contributed by atoms with Crippen LogP contribution in [0.4, 0.5) is 0 Å². The molecule has 0 atom stereocenters. The van der Waals surface area contributed by atoms with E-state index in [1.807, 2.05) is 25.1 Å². The van der Waals surface area contributed by atoms with E-state index in [9.17, 15) is 13.2 Å². The Morgan fingerprint density at radius 3 is 2.50 bits per heavy atom. The first-order valence-corrected chi connectivity index (χ1v) is 11.2. The molecule has 3 aromatic rings. The first-order valence-electron chi connectivity index (χ1n) is 8.77. The monoisotopic (exact) mass is 415 g/mol. The predicted molar refractivity (Wildman–Crippen MR) is 109 cm³/mol. The zero-order chi connectivity index (χ0) is 20.1. The summed E-state index contributed by atoms with van der Waals surface area (Å²) in [4.78, 5) is 14.6. The van der Waals surface area contributed by atoms with Crippen molar-refractivity contribution in [1.29, 1.82) is 0 Å². The summed E-state index contributed by atoms with van der Waals surface area (Å²) < 4.78 is 23.9. The van der Waals surface area contributed by atoms with Gasteiger partial charge < -0.3 is 5.32 Å². The molecular formula is C20H21N3O3S2. The Hall–Kier alpha value is -2.58. The molecule has 0 bridgehead atoms. The van der Waals surface area contributed by atoms with Gasteiger partial charge in [0.2, 0.25) is 0 Å². The van der Waals surface area contributed by atoms with Crippen molar-refractivity contribution >= 4 is 27.5 Å². The van der Waals surface area contributed by atoms with Crippen LogP contribution in [0.2, 0.25) is 0 Å². The van der Waals surface area contributed by atoms with Crippen molar-refractivity contribution in [3.63, 3.8) is 0 Å². The quantitative estimate of drug-likeness (QED) is 0.615. The van der Waals surface area contributed by atoms with Crippen LogP contribution in [0.1, 0.15) is 28.5 Å². The molecule has 1 heterocycles.